The van der Waals surface area contributed by atoms with E-state index < -0.39 is 10.0 Å². The van der Waals surface area contributed by atoms with Crippen molar-refractivity contribution >= 4 is 39.3 Å². The van der Waals surface area contributed by atoms with Gasteiger partial charge in [-0.25, -0.2) is 17.9 Å². The van der Waals surface area contributed by atoms with Gasteiger partial charge in [-0.3, -0.25) is 0 Å². The highest BCUT2D eigenvalue weighted by Crippen LogP contribution is 2.38. The second-order valence-electron chi connectivity index (χ2n) is 9.08. The lowest BCUT2D eigenvalue weighted by Gasteiger charge is -2.33. The molecule has 0 saturated heterocycles. The van der Waals surface area contributed by atoms with E-state index in [9.17, 15) is 13.2 Å². The summed E-state index contributed by atoms with van der Waals surface area (Å²) in [6.45, 7) is 5.81. The SMILES string of the molecule is CCCNC(=O)NCCOCCOCCNS(=O)(=O)c1cccc(C2CN(C)Cc3c(Cl)cc(Cl)cc32)c1. The van der Waals surface area contributed by atoms with Crippen molar-refractivity contribution in [2.75, 3.05) is 59.7 Å². The van der Waals surface area contributed by atoms with Gasteiger partial charge in [-0.2, -0.15) is 0 Å². The van der Waals surface area contributed by atoms with Crippen LogP contribution in [0, 0.1) is 0 Å². The number of ether oxygens (including phenoxy) is 2. The van der Waals surface area contributed by atoms with Crippen molar-refractivity contribution in [2.45, 2.75) is 30.7 Å². The molecule has 1 aliphatic rings. The van der Waals surface area contributed by atoms with Gasteiger partial charge in [0.15, 0.2) is 0 Å². The average Bonchev–Trinajstić information content (AvgIpc) is 2.88. The number of urea groups is 1. The fourth-order valence-corrected chi connectivity index (χ4v) is 5.86. The van der Waals surface area contributed by atoms with Crippen molar-refractivity contribution < 1.29 is 22.7 Å². The Hall–Kier alpha value is -1.92. The van der Waals surface area contributed by atoms with E-state index in [1.54, 1.807) is 24.3 Å². The normalized spacial score (nSPS) is 15.7. The number of benzene rings is 2. The predicted octanol–water partition coefficient (Wildman–Crippen LogP) is 3.59. The third kappa shape index (κ3) is 9.08. The first-order valence-electron chi connectivity index (χ1n) is 12.6. The van der Waals surface area contributed by atoms with Crippen molar-refractivity contribution in [3.63, 3.8) is 0 Å². The third-order valence-corrected chi connectivity index (χ3v) is 8.06. The van der Waals surface area contributed by atoms with Gasteiger partial charge in [0, 0.05) is 48.7 Å². The van der Waals surface area contributed by atoms with Crippen molar-refractivity contribution in [2.24, 2.45) is 0 Å². The summed E-state index contributed by atoms with van der Waals surface area (Å²) in [7, 11) is -1.71. The molecular weight excluding hydrogens is 551 g/mol. The van der Waals surface area contributed by atoms with Crippen LogP contribution in [0.1, 0.15) is 36.0 Å². The molecule has 9 nitrogen and oxygen atoms in total. The highest BCUT2D eigenvalue weighted by molar-refractivity contribution is 7.89. The fourth-order valence-electron chi connectivity index (χ4n) is 4.22. The van der Waals surface area contributed by atoms with Gasteiger partial charge in [-0.1, -0.05) is 42.3 Å². The van der Waals surface area contributed by atoms with Crippen molar-refractivity contribution in [3.8, 4) is 0 Å². The molecule has 12 heteroatoms. The molecule has 210 valence electrons. The first-order chi connectivity index (χ1) is 18.2. The number of likely N-dealkylation sites (N-methyl/N-ethyl adjacent to an activating group) is 1. The van der Waals surface area contributed by atoms with Crippen LogP contribution in [0.5, 0.6) is 0 Å². The highest BCUT2D eigenvalue weighted by Gasteiger charge is 2.28. The lowest BCUT2D eigenvalue weighted by molar-refractivity contribution is 0.0516. The predicted molar refractivity (Wildman–Crippen MR) is 150 cm³/mol. The number of hydrogen-bond acceptors (Lipinski definition) is 6. The Bertz CT molecular complexity index is 1180. The molecule has 0 fully saturated rings. The second kappa shape index (κ2) is 15.0. The Morgan fingerprint density at radius 1 is 1.03 bits per heavy atom. The lowest BCUT2D eigenvalue weighted by Crippen LogP contribution is -2.37. The molecule has 38 heavy (non-hydrogen) atoms. The largest absolute Gasteiger partial charge is 0.378 e. The summed E-state index contributed by atoms with van der Waals surface area (Å²) in [5.41, 5.74) is 2.91. The number of carbonyl (C=O) groups excluding carboxylic acids is 1. The third-order valence-electron chi connectivity index (χ3n) is 6.04. The topological polar surface area (TPSA) is 109 Å². The molecule has 3 rings (SSSR count). The van der Waals surface area contributed by atoms with Crippen molar-refractivity contribution in [3.05, 3.63) is 63.1 Å². The zero-order valence-electron chi connectivity index (χ0n) is 21.8. The zero-order chi connectivity index (χ0) is 27.5. The molecule has 1 atom stereocenters. The number of carbonyl (C=O) groups is 1. The number of rotatable bonds is 14. The molecule has 1 unspecified atom stereocenters. The van der Waals surface area contributed by atoms with Crippen LogP contribution in [0.4, 0.5) is 4.79 Å². The van der Waals surface area contributed by atoms with Crippen LogP contribution >= 0.6 is 23.2 Å². The molecule has 0 aliphatic carbocycles. The summed E-state index contributed by atoms with van der Waals surface area (Å²) in [5, 5.41) is 6.58. The van der Waals surface area contributed by atoms with E-state index in [1.165, 1.54) is 0 Å². The molecule has 3 N–H and O–H groups in total. The molecule has 2 aromatic rings. The van der Waals surface area contributed by atoms with Gasteiger partial charge in [-0.15, -0.1) is 0 Å². The van der Waals surface area contributed by atoms with Crippen LogP contribution < -0.4 is 15.4 Å². The van der Waals surface area contributed by atoms with E-state index in [2.05, 4.69) is 20.3 Å². The summed E-state index contributed by atoms with van der Waals surface area (Å²) < 4.78 is 39.3. The maximum Gasteiger partial charge on any atom is 0.314 e. The van der Waals surface area contributed by atoms with Gasteiger partial charge in [0.2, 0.25) is 10.0 Å². The number of amides is 2. The molecule has 0 bridgehead atoms. The van der Waals surface area contributed by atoms with E-state index >= 15 is 0 Å². The average molecular weight is 588 g/mol. The van der Waals surface area contributed by atoms with E-state index in [1.807, 2.05) is 26.1 Å². The minimum absolute atomic E-state index is 0.0562. The maximum atomic E-state index is 12.9. The summed E-state index contributed by atoms with van der Waals surface area (Å²) in [6.07, 6.45) is 0.878. The Balaban J connectivity index is 1.45. The number of sulfonamides is 1. The number of hydrogen-bond donors (Lipinski definition) is 3. The molecule has 0 spiro atoms. The van der Waals surface area contributed by atoms with Crippen molar-refractivity contribution in [1.29, 1.82) is 0 Å². The highest BCUT2D eigenvalue weighted by atomic mass is 35.5. The Morgan fingerprint density at radius 3 is 2.47 bits per heavy atom. The number of nitrogens with one attached hydrogen (secondary N) is 3. The van der Waals surface area contributed by atoms with Crippen LogP contribution in [-0.4, -0.2) is 79.0 Å². The van der Waals surface area contributed by atoms with E-state index in [0.717, 1.165) is 29.7 Å². The van der Waals surface area contributed by atoms with Crippen LogP contribution in [-0.2, 0) is 26.0 Å². The Kier molecular flexibility index (Phi) is 12.1. The van der Waals surface area contributed by atoms with E-state index in [4.69, 9.17) is 32.7 Å². The van der Waals surface area contributed by atoms with Crippen LogP contribution in [0.15, 0.2) is 41.3 Å². The minimum atomic E-state index is -3.72. The molecule has 2 amide bonds. The van der Waals surface area contributed by atoms with Gasteiger partial charge in [-0.05, 0) is 54.4 Å². The minimum Gasteiger partial charge on any atom is -0.378 e. The number of halogens is 2. The molecule has 0 radical (unpaired) electrons. The Morgan fingerprint density at radius 2 is 1.74 bits per heavy atom. The standard InChI is InChI=1S/C26H36Cl2N4O5S/c1-3-7-29-26(33)30-8-10-36-12-13-37-11-9-31-38(34,35)21-6-4-5-19(14-21)23-17-32(2)18-24-22(23)15-20(27)16-25(24)28/h4-6,14-16,23,31H,3,7-13,17-18H2,1-2H3,(H2,29,30,33). The van der Waals surface area contributed by atoms with E-state index in [0.29, 0.717) is 49.5 Å². The van der Waals surface area contributed by atoms with Gasteiger partial charge in [0.1, 0.15) is 0 Å². The summed E-state index contributed by atoms with van der Waals surface area (Å²) in [5.74, 6) is -0.0562. The van der Waals surface area contributed by atoms with Crippen LogP contribution in [0.3, 0.4) is 0 Å². The maximum absolute atomic E-state index is 12.9. The summed E-state index contributed by atoms with van der Waals surface area (Å²) in [6, 6.07) is 10.4. The molecule has 2 aromatic carbocycles. The van der Waals surface area contributed by atoms with Gasteiger partial charge < -0.3 is 25.0 Å². The van der Waals surface area contributed by atoms with Gasteiger partial charge in [0.05, 0.1) is 31.3 Å². The van der Waals surface area contributed by atoms with Crippen molar-refractivity contribution in [1.82, 2.24) is 20.3 Å². The molecule has 0 saturated carbocycles. The fraction of sp³-hybridized carbons (Fsp3) is 0.500. The molecule has 0 aromatic heterocycles. The zero-order valence-corrected chi connectivity index (χ0v) is 24.1. The lowest BCUT2D eigenvalue weighted by atomic mass is 9.85. The molecular formula is C26H36Cl2N4O5S. The molecule has 1 aliphatic heterocycles. The first kappa shape index (κ1) is 30.6. The number of fused-ring (bicyclic) bond motifs is 1. The van der Waals surface area contributed by atoms with Crippen LogP contribution in [0.25, 0.3) is 0 Å². The Labute approximate surface area is 235 Å². The monoisotopic (exact) mass is 586 g/mol. The van der Waals surface area contributed by atoms with Crippen LogP contribution in [0.2, 0.25) is 10.0 Å². The summed E-state index contributed by atoms with van der Waals surface area (Å²) in [4.78, 5) is 13.8. The molecule has 1 heterocycles. The van der Waals surface area contributed by atoms with Gasteiger partial charge >= 0.3 is 6.03 Å². The quantitative estimate of drug-likeness (QED) is 0.292. The van der Waals surface area contributed by atoms with Gasteiger partial charge in [0.25, 0.3) is 0 Å². The first-order valence-corrected chi connectivity index (χ1v) is 14.9. The summed E-state index contributed by atoms with van der Waals surface area (Å²) >= 11 is 12.8. The second-order valence-corrected chi connectivity index (χ2v) is 11.7. The smallest absolute Gasteiger partial charge is 0.314 e. The number of nitrogens with zero attached hydrogens (tertiary/aromatic N) is 1. The van der Waals surface area contributed by atoms with E-state index in [-0.39, 0.29) is 30.0 Å².